The van der Waals surface area contributed by atoms with Crippen molar-refractivity contribution in [2.45, 2.75) is 51.6 Å². The first-order valence-corrected chi connectivity index (χ1v) is 6.27. The zero-order chi connectivity index (χ0) is 11.6. The average molecular weight is 216 g/mol. The van der Waals surface area contributed by atoms with E-state index < -0.39 is 0 Å². The summed E-state index contributed by atoms with van der Waals surface area (Å²) in [5.41, 5.74) is 2.93. The van der Waals surface area contributed by atoms with E-state index in [9.17, 15) is 0 Å². The molecule has 16 heavy (non-hydrogen) atoms. The van der Waals surface area contributed by atoms with Crippen LogP contribution in [0.5, 0.6) is 5.75 Å². The van der Waals surface area contributed by atoms with Gasteiger partial charge in [0.2, 0.25) is 0 Å². The summed E-state index contributed by atoms with van der Waals surface area (Å²) in [6, 6.07) is 6.67. The van der Waals surface area contributed by atoms with E-state index in [-0.39, 0.29) is 11.0 Å². The second-order valence-electron chi connectivity index (χ2n) is 5.98. The van der Waals surface area contributed by atoms with Crippen molar-refractivity contribution in [1.82, 2.24) is 0 Å². The molecule has 0 aromatic heterocycles. The molecule has 0 radical (unpaired) electrons. The van der Waals surface area contributed by atoms with Crippen molar-refractivity contribution < 1.29 is 4.74 Å². The normalized spacial score (nSPS) is 40.4. The van der Waals surface area contributed by atoms with Crippen LogP contribution in [0.2, 0.25) is 0 Å². The Kier molecular flexibility index (Phi) is 1.80. The van der Waals surface area contributed by atoms with Gasteiger partial charge >= 0.3 is 0 Å². The molecule has 1 saturated carbocycles. The Morgan fingerprint density at radius 1 is 1.31 bits per heavy atom. The van der Waals surface area contributed by atoms with Crippen molar-refractivity contribution >= 4 is 0 Å². The second kappa shape index (κ2) is 2.82. The number of rotatable bonds is 0. The zero-order valence-corrected chi connectivity index (χ0v) is 10.6. The van der Waals surface area contributed by atoms with Crippen molar-refractivity contribution in [3.8, 4) is 5.75 Å². The molecular weight excluding hydrogens is 196 g/mol. The summed E-state index contributed by atoms with van der Waals surface area (Å²) >= 11 is 0. The molecule has 1 aliphatic heterocycles. The molecule has 0 amide bonds. The fourth-order valence-corrected chi connectivity index (χ4v) is 3.59. The number of aryl methyl sites for hydroxylation is 1. The smallest absolute Gasteiger partial charge is 0.124 e. The summed E-state index contributed by atoms with van der Waals surface area (Å²) < 4.78 is 6.31. The third kappa shape index (κ3) is 0.971. The predicted octanol–water partition coefficient (Wildman–Crippen LogP) is 3.83. The van der Waals surface area contributed by atoms with Gasteiger partial charge in [0.25, 0.3) is 0 Å². The molecule has 2 aliphatic rings. The highest BCUT2D eigenvalue weighted by Gasteiger charge is 2.60. The standard InChI is InChI=1S/C15H20O/c1-10-5-6-12-13(9-10)16-15(4)11(2)7-8-14(12,15)3/h5-6,9,11H,7-8H2,1-4H3/t11-,14-,15-/m1/s1. The molecule has 1 heterocycles. The van der Waals surface area contributed by atoms with Crippen LogP contribution in [0, 0.1) is 12.8 Å². The lowest BCUT2D eigenvalue weighted by molar-refractivity contribution is 0.0306. The van der Waals surface area contributed by atoms with Crippen molar-refractivity contribution in [2.75, 3.05) is 0 Å². The van der Waals surface area contributed by atoms with E-state index in [1.165, 1.54) is 24.0 Å². The average Bonchev–Trinajstić information content (AvgIpc) is 2.57. The topological polar surface area (TPSA) is 9.23 Å². The largest absolute Gasteiger partial charge is 0.486 e. The van der Waals surface area contributed by atoms with Gasteiger partial charge in [-0.15, -0.1) is 0 Å². The number of ether oxygens (including phenoxy) is 1. The number of benzene rings is 1. The Morgan fingerprint density at radius 3 is 2.81 bits per heavy atom. The van der Waals surface area contributed by atoms with Crippen LogP contribution < -0.4 is 4.74 Å². The minimum atomic E-state index is 0.00310. The van der Waals surface area contributed by atoms with Crippen LogP contribution in [-0.2, 0) is 5.41 Å². The van der Waals surface area contributed by atoms with Crippen molar-refractivity contribution in [3.63, 3.8) is 0 Å². The molecule has 1 fully saturated rings. The van der Waals surface area contributed by atoms with E-state index >= 15 is 0 Å². The molecule has 1 aromatic carbocycles. The Balaban J connectivity index is 2.19. The van der Waals surface area contributed by atoms with E-state index in [4.69, 9.17) is 4.74 Å². The van der Waals surface area contributed by atoms with Gasteiger partial charge in [-0.25, -0.2) is 0 Å². The molecule has 0 saturated heterocycles. The summed E-state index contributed by atoms with van der Waals surface area (Å²) in [6.07, 6.45) is 2.53. The molecule has 0 unspecified atom stereocenters. The van der Waals surface area contributed by atoms with Crippen LogP contribution in [0.15, 0.2) is 18.2 Å². The summed E-state index contributed by atoms with van der Waals surface area (Å²) in [6.45, 7) is 9.12. The van der Waals surface area contributed by atoms with Gasteiger partial charge in [-0.1, -0.05) is 26.0 Å². The Hall–Kier alpha value is -0.980. The zero-order valence-electron chi connectivity index (χ0n) is 10.6. The van der Waals surface area contributed by atoms with Crippen molar-refractivity contribution in [1.29, 1.82) is 0 Å². The van der Waals surface area contributed by atoms with Gasteiger partial charge in [0.15, 0.2) is 0 Å². The third-order valence-electron chi connectivity index (χ3n) is 5.17. The van der Waals surface area contributed by atoms with E-state index in [1.807, 2.05) is 0 Å². The summed E-state index contributed by atoms with van der Waals surface area (Å²) in [5, 5.41) is 0. The monoisotopic (exact) mass is 216 g/mol. The fraction of sp³-hybridized carbons (Fsp3) is 0.600. The maximum atomic E-state index is 6.31. The van der Waals surface area contributed by atoms with Crippen LogP contribution in [-0.4, -0.2) is 5.60 Å². The third-order valence-corrected chi connectivity index (χ3v) is 5.17. The molecule has 1 aliphatic carbocycles. The van der Waals surface area contributed by atoms with Gasteiger partial charge in [0.1, 0.15) is 11.4 Å². The van der Waals surface area contributed by atoms with Crippen LogP contribution in [0.3, 0.4) is 0 Å². The molecular formula is C15H20O. The van der Waals surface area contributed by atoms with Gasteiger partial charge in [-0.05, 0) is 44.2 Å². The fourth-order valence-electron chi connectivity index (χ4n) is 3.59. The molecule has 0 bridgehead atoms. The SMILES string of the molecule is Cc1ccc2c(c1)O[C@]1(C)[C@H](C)CC[C@]21C. The maximum absolute atomic E-state index is 6.31. The van der Waals surface area contributed by atoms with Crippen molar-refractivity contribution in [2.24, 2.45) is 5.92 Å². The number of fused-ring (bicyclic) bond motifs is 3. The van der Waals surface area contributed by atoms with Gasteiger partial charge in [0.05, 0.1) is 0 Å². The molecule has 3 atom stereocenters. The van der Waals surface area contributed by atoms with E-state index in [0.717, 1.165) is 5.75 Å². The van der Waals surface area contributed by atoms with Crippen LogP contribution in [0.25, 0.3) is 0 Å². The molecule has 3 rings (SSSR count). The first kappa shape index (κ1) is 10.2. The van der Waals surface area contributed by atoms with Gasteiger partial charge in [-0.2, -0.15) is 0 Å². The molecule has 1 heteroatoms. The quantitative estimate of drug-likeness (QED) is 0.640. The predicted molar refractivity (Wildman–Crippen MR) is 66.0 cm³/mol. The summed E-state index contributed by atoms with van der Waals surface area (Å²) in [5.74, 6) is 1.77. The van der Waals surface area contributed by atoms with E-state index in [1.54, 1.807) is 0 Å². The summed E-state index contributed by atoms with van der Waals surface area (Å²) in [7, 11) is 0. The van der Waals surface area contributed by atoms with Crippen molar-refractivity contribution in [3.05, 3.63) is 29.3 Å². The molecule has 86 valence electrons. The van der Waals surface area contributed by atoms with Gasteiger partial charge in [0, 0.05) is 11.0 Å². The van der Waals surface area contributed by atoms with Crippen LogP contribution >= 0.6 is 0 Å². The number of hydrogen-bond donors (Lipinski definition) is 0. The van der Waals surface area contributed by atoms with Gasteiger partial charge in [-0.3, -0.25) is 0 Å². The van der Waals surface area contributed by atoms with E-state index in [2.05, 4.69) is 45.9 Å². The lowest BCUT2D eigenvalue weighted by atomic mass is 9.71. The second-order valence-corrected chi connectivity index (χ2v) is 5.98. The highest BCUT2D eigenvalue weighted by atomic mass is 16.5. The Labute approximate surface area is 97.8 Å². The maximum Gasteiger partial charge on any atom is 0.124 e. The molecule has 0 spiro atoms. The van der Waals surface area contributed by atoms with Crippen LogP contribution in [0.1, 0.15) is 44.7 Å². The molecule has 0 N–H and O–H groups in total. The summed E-state index contributed by atoms with van der Waals surface area (Å²) in [4.78, 5) is 0. The lowest BCUT2D eigenvalue weighted by Crippen LogP contribution is -2.46. The lowest BCUT2D eigenvalue weighted by Gasteiger charge is -2.36. The van der Waals surface area contributed by atoms with Gasteiger partial charge < -0.3 is 4.74 Å². The highest BCUT2D eigenvalue weighted by Crippen LogP contribution is 2.60. The highest BCUT2D eigenvalue weighted by molar-refractivity contribution is 5.50. The molecule has 1 nitrogen and oxygen atoms in total. The number of hydrogen-bond acceptors (Lipinski definition) is 1. The van der Waals surface area contributed by atoms with Crippen LogP contribution in [0.4, 0.5) is 0 Å². The molecule has 1 aromatic rings. The minimum Gasteiger partial charge on any atom is -0.486 e. The first-order chi connectivity index (χ1) is 7.47. The Bertz CT molecular complexity index is 451. The minimum absolute atomic E-state index is 0.00310. The first-order valence-electron chi connectivity index (χ1n) is 6.27. The van der Waals surface area contributed by atoms with E-state index in [0.29, 0.717) is 5.92 Å². The Morgan fingerprint density at radius 2 is 2.06 bits per heavy atom.